The topological polar surface area (TPSA) is 94.2 Å². The summed E-state index contributed by atoms with van der Waals surface area (Å²) >= 11 is 0. The van der Waals surface area contributed by atoms with Gasteiger partial charge in [0, 0.05) is 31.0 Å². The molecule has 0 aliphatic carbocycles. The number of ether oxygens (including phenoxy) is 3. The number of fused-ring (bicyclic) bond motifs is 2. The molecule has 190 valence electrons. The Morgan fingerprint density at radius 2 is 1.77 bits per heavy atom. The van der Waals surface area contributed by atoms with Crippen LogP contribution in [0.15, 0.2) is 42.5 Å². The van der Waals surface area contributed by atoms with Crippen LogP contribution in [0, 0.1) is 0 Å². The van der Waals surface area contributed by atoms with Crippen LogP contribution in [0.5, 0.6) is 17.2 Å². The minimum absolute atomic E-state index is 0.108. The molecular formula is C26H34N2O6S. The summed E-state index contributed by atoms with van der Waals surface area (Å²) in [7, 11) is -3.54. The summed E-state index contributed by atoms with van der Waals surface area (Å²) in [5.74, 6) is 1.83. The molecule has 1 unspecified atom stereocenters. The maximum Gasteiger partial charge on any atom is 0.232 e. The van der Waals surface area contributed by atoms with Crippen molar-refractivity contribution in [3.8, 4) is 17.2 Å². The molecule has 0 spiro atoms. The standard InChI is InChI=1S/C26H34N2O6S/c1-4-26(5-2)18-21(20-9-6-7-10-22(20)34-26)27-25(29)11-8-14-28(35(3,30)31)19-12-13-23-24(17-19)33-16-15-32-23/h6-7,9-10,12-13,17,21H,4-5,8,11,14-16,18H2,1-3H3,(H,27,29). The number of amides is 1. The molecule has 1 atom stereocenters. The van der Waals surface area contributed by atoms with E-state index in [4.69, 9.17) is 14.2 Å². The number of carbonyl (C=O) groups excluding carboxylic acids is 1. The second-order valence-electron chi connectivity index (χ2n) is 9.12. The molecule has 0 saturated carbocycles. The lowest BCUT2D eigenvalue weighted by atomic mass is 9.83. The first kappa shape index (κ1) is 25.2. The molecule has 0 saturated heterocycles. The molecule has 1 N–H and O–H groups in total. The van der Waals surface area contributed by atoms with Crippen molar-refractivity contribution in [1.29, 1.82) is 0 Å². The molecule has 2 aromatic rings. The van der Waals surface area contributed by atoms with E-state index in [-0.39, 0.29) is 30.5 Å². The lowest BCUT2D eigenvalue weighted by Gasteiger charge is -2.41. The van der Waals surface area contributed by atoms with E-state index in [1.807, 2.05) is 24.3 Å². The summed E-state index contributed by atoms with van der Waals surface area (Å²) in [6.45, 7) is 5.28. The molecule has 4 rings (SSSR count). The fourth-order valence-corrected chi connectivity index (χ4v) is 5.71. The number of carbonyl (C=O) groups is 1. The highest BCUT2D eigenvalue weighted by Gasteiger charge is 2.38. The Hall–Kier alpha value is -2.94. The fourth-order valence-electron chi connectivity index (χ4n) is 4.75. The molecular weight excluding hydrogens is 468 g/mol. The van der Waals surface area contributed by atoms with Gasteiger partial charge >= 0.3 is 0 Å². The smallest absolute Gasteiger partial charge is 0.232 e. The average Bonchev–Trinajstić information content (AvgIpc) is 2.85. The molecule has 35 heavy (non-hydrogen) atoms. The molecule has 1 amide bonds. The zero-order valence-corrected chi connectivity index (χ0v) is 21.4. The van der Waals surface area contributed by atoms with Crippen LogP contribution in [0.4, 0.5) is 5.69 Å². The van der Waals surface area contributed by atoms with Crippen molar-refractivity contribution in [3.63, 3.8) is 0 Å². The van der Waals surface area contributed by atoms with Gasteiger partial charge in [0.1, 0.15) is 24.6 Å². The summed E-state index contributed by atoms with van der Waals surface area (Å²) < 4.78 is 43.8. The molecule has 2 aliphatic rings. The second kappa shape index (κ2) is 10.4. The van der Waals surface area contributed by atoms with Crippen molar-refractivity contribution in [2.24, 2.45) is 0 Å². The lowest BCUT2D eigenvalue weighted by Crippen LogP contribution is -2.44. The number of hydrogen-bond acceptors (Lipinski definition) is 6. The summed E-state index contributed by atoms with van der Waals surface area (Å²) in [4.78, 5) is 12.9. The molecule has 2 aliphatic heterocycles. The molecule has 2 aromatic carbocycles. The SMILES string of the molecule is CCC1(CC)CC(NC(=O)CCCN(c2ccc3c(c2)OCCO3)S(C)(=O)=O)c2ccccc2O1. The fraction of sp³-hybridized carbons (Fsp3) is 0.500. The van der Waals surface area contributed by atoms with Crippen LogP contribution in [0.25, 0.3) is 0 Å². The van der Waals surface area contributed by atoms with E-state index in [1.165, 1.54) is 4.31 Å². The normalized spacial score (nSPS) is 18.2. The van der Waals surface area contributed by atoms with Gasteiger partial charge < -0.3 is 19.5 Å². The molecule has 9 heteroatoms. The van der Waals surface area contributed by atoms with Gasteiger partial charge in [-0.1, -0.05) is 32.0 Å². The maximum absolute atomic E-state index is 12.9. The predicted molar refractivity (Wildman–Crippen MR) is 135 cm³/mol. The Labute approximate surface area is 207 Å². The minimum Gasteiger partial charge on any atom is -0.487 e. The third kappa shape index (κ3) is 5.66. The van der Waals surface area contributed by atoms with Crippen LogP contribution in [0.3, 0.4) is 0 Å². The van der Waals surface area contributed by atoms with Gasteiger partial charge in [-0.3, -0.25) is 9.10 Å². The zero-order chi connectivity index (χ0) is 25.1. The van der Waals surface area contributed by atoms with Gasteiger partial charge in [-0.25, -0.2) is 8.42 Å². The van der Waals surface area contributed by atoms with Crippen LogP contribution in [-0.4, -0.2) is 45.9 Å². The van der Waals surface area contributed by atoms with E-state index in [1.54, 1.807) is 18.2 Å². The molecule has 0 radical (unpaired) electrons. The molecule has 2 heterocycles. The Balaban J connectivity index is 1.41. The third-order valence-corrected chi connectivity index (χ3v) is 7.99. The summed E-state index contributed by atoms with van der Waals surface area (Å²) in [6.07, 6.45) is 4.16. The Morgan fingerprint density at radius 1 is 1.06 bits per heavy atom. The Morgan fingerprint density at radius 3 is 2.49 bits per heavy atom. The highest BCUT2D eigenvalue weighted by molar-refractivity contribution is 7.92. The minimum atomic E-state index is -3.54. The van der Waals surface area contributed by atoms with Crippen LogP contribution < -0.4 is 23.8 Å². The molecule has 8 nitrogen and oxygen atoms in total. The molecule has 0 fully saturated rings. The Kier molecular flexibility index (Phi) is 7.44. The van der Waals surface area contributed by atoms with E-state index in [2.05, 4.69) is 19.2 Å². The van der Waals surface area contributed by atoms with Gasteiger partial charge in [-0.05, 0) is 37.5 Å². The van der Waals surface area contributed by atoms with E-state index in [0.717, 1.165) is 30.4 Å². The van der Waals surface area contributed by atoms with Crippen molar-refractivity contribution in [1.82, 2.24) is 5.32 Å². The largest absolute Gasteiger partial charge is 0.487 e. The van der Waals surface area contributed by atoms with Crippen molar-refractivity contribution in [2.45, 2.75) is 57.6 Å². The molecule has 0 bridgehead atoms. The highest BCUT2D eigenvalue weighted by Crippen LogP contribution is 2.42. The first-order valence-electron chi connectivity index (χ1n) is 12.2. The van der Waals surface area contributed by atoms with Crippen molar-refractivity contribution in [3.05, 3.63) is 48.0 Å². The van der Waals surface area contributed by atoms with Crippen LogP contribution >= 0.6 is 0 Å². The number of anilines is 1. The number of hydrogen-bond donors (Lipinski definition) is 1. The molecule has 0 aromatic heterocycles. The van der Waals surface area contributed by atoms with Crippen LogP contribution in [0.1, 0.15) is 57.6 Å². The summed E-state index contributed by atoms with van der Waals surface area (Å²) in [5.41, 5.74) is 1.16. The number of nitrogens with one attached hydrogen (secondary N) is 1. The number of benzene rings is 2. The predicted octanol–water partition coefficient (Wildman–Crippen LogP) is 4.20. The monoisotopic (exact) mass is 502 g/mol. The van der Waals surface area contributed by atoms with E-state index < -0.39 is 10.0 Å². The maximum atomic E-state index is 12.9. The van der Waals surface area contributed by atoms with Gasteiger partial charge in [0.05, 0.1) is 18.0 Å². The van der Waals surface area contributed by atoms with E-state index in [9.17, 15) is 13.2 Å². The average molecular weight is 503 g/mol. The number of sulfonamides is 1. The van der Waals surface area contributed by atoms with Gasteiger partial charge in [0.2, 0.25) is 15.9 Å². The van der Waals surface area contributed by atoms with Gasteiger partial charge in [0.25, 0.3) is 0 Å². The highest BCUT2D eigenvalue weighted by atomic mass is 32.2. The number of para-hydroxylation sites is 1. The van der Waals surface area contributed by atoms with Gasteiger partial charge in [-0.15, -0.1) is 0 Å². The first-order chi connectivity index (χ1) is 16.7. The third-order valence-electron chi connectivity index (χ3n) is 6.80. The first-order valence-corrected chi connectivity index (χ1v) is 14.0. The number of rotatable bonds is 9. The van der Waals surface area contributed by atoms with E-state index >= 15 is 0 Å². The summed E-state index contributed by atoms with van der Waals surface area (Å²) in [6, 6.07) is 12.8. The lowest BCUT2D eigenvalue weighted by molar-refractivity contribution is -0.122. The van der Waals surface area contributed by atoms with Crippen molar-refractivity contribution < 1.29 is 27.4 Å². The summed E-state index contributed by atoms with van der Waals surface area (Å²) in [5, 5.41) is 3.17. The van der Waals surface area contributed by atoms with Crippen LogP contribution in [-0.2, 0) is 14.8 Å². The van der Waals surface area contributed by atoms with Crippen molar-refractivity contribution in [2.75, 3.05) is 30.3 Å². The van der Waals surface area contributed by atoms with Gasteiger partial charge in [0.15, 0.2) is 11.5 Å². The zero-order valence-electron chi connectivity index (χ0n) is 20.6. The van der Waals surface area contributed by atoms with Gasteiger partial charge in [-0.2, -0.15) is 0 Å². The second-order valence-corrected chi connectivity index (χ2v) is 11.0. The van der Waals surface area contributed by atoms with E-state index in [0.29, 0.717) is 43.2 Å². The quantitative estimate of drug-likeness (QED) is 0.552. The van der Waals surface area contributed by atoms with Crippen LogP contribution in [0.2, 0.25) is 0 Å². The van der Waals surface area contributed by atoms with Crippen molar-refractivity contribution >= 4 is 21.6 Å². The Bertz CT molecular complexity index is 1160. The number of nitrogens with zero attached hydrogens (tertiary/aromatic N) is 1.